The van der Waals surface area contributed by atoms with Gasteiger partial charge in [-0.15, -0.1) is 5.10 Å². The van der Waals surface area contributed by atoms with Gasteiger partial charge in [-0.1, -0.05) is 17.3 Å². The number of hydrogen-bond donors (Lipinski definition) is 2. The summed E-state index contributed by atoms with van der Waals surface area (Å²) in [5.41, 5.74) is 2.10. The molecule has 1 amide bonds. The largest absolute Gasteiger partial charge is 0.352 e. The van der Waals surface area contributed by atoms with E-state index >= 15 is 0 Å². The third-order valence-electron chi connectivity index (χ3n) is 3.59. The summed E-state index contributed by atoms with van der Waals surface area (Å²) in [5, 5.41) is 13.9. The van der Waals surface area contributed by atoms with E-state index in [0.29, 0.717) is 12.6 Å². The number of nitrogens with one attached hydrogen (secondary N) is 2. The van der Waals surface area contributed by atoms with Crippen molar-refractivity contribution in [1.29, 1.82) is 0 Å². The predicted molar refractivity (Wildman–Crippen MR) is 78.9 cm³/mol. The van der Waals surface area contributed by atoms with Crippen LogP contribution >= 0.6 is 0 Å². The highest BCUT2D eigenvalue weighted by Crippen LogP contribution is 2.18. The van der Waals surface area contributed by atoms with Gasteiger partial charge in [0.1, 0.15) is 0 Å². The summed E-state index contributed by atoms with van der Waals surface area (Å²) in [7, 11) is 0. The van der Waals surface area contributed by atoms with Crippen LogP contribution in [0.25, 0.3) is 5.69 Å². The summed E-state index contributed by atoms with van der Waals surface area (Å²) in [6, 6.07) is 8.59. The molecule has 1 aromatic heterocycles. The Morgan fingerprint density at radius 3 is 2.76 bits per heavy atom. The van der Waals surface area contributed by atoms with Crippen LogP contribution in [0.1, 0.15) is 31.4 Å². The molecule has 0 bridgehead atoms. The molecule has 21 heavy (non-hydrogen) atoms. The van der Waals surface area contributed by atoms with Gasteiger partial charge in [-0.2, -0.15) is 0 Å². The van der Waals surface area contributed by atoms with E-state index in [-0.39, 0.29) is 11.9 Å². The highest BCUT2D eigenvalue weighted by atomic mass is 16.2. The predicted octanol–water partition coefficient (Wildman–Crippen LogP) is 1.20. The first kappa shape index (κ1) is 13.8. The zero-order chi connectivity index (χ0) is 14.7. The second-order valence-corrected chi connectivity index (χ2v) is 5.38. The Morgan fingerprint density at radius 2 is 2.14 bits per heavy atom. The Morgan fingerprint density at radius 1 is 1.38 bits per heavy atom. The van der Waals surface area contributed by atoms with Crippen molar-refractivity contribution in [2.24, 2.45) is 0 Å². The summed E-state index contributed by atoms with van der Waals surface area (Å²) >= 11 is 0. The summed E-state index contributed by atoms with van der Waals surface area (Å²) in [6.07, 6.45) is 5.69. The fourth-order valence-corrected chi connectivity index (χ4v) is 2.13. The molecular weight excluding hydrogens is 266 g/mol. The van der Waals surface area contributed by atoms with Crippen LogP contribution in [0.3, 0.4) is 0 Å². The van der Waals surface area contributed by atoms with Crippen LogP contribution in [0.2, 0.25) is 0 Å². The molecule has 6 heteroatoms. The Hall–Kier alpha value is -2.21. The van der Waals surface area contributed by atoms with Gasteiger partial charge in [0, 0.05) is 12.1 Å². The number of nitrogens with zero attached hydrogens (tertiary/aromatic N) is 3. The molecule has 0 aliphatic heterocycles. The standard InChI is InChI=1S/C15H19N5O/c1-11(16-10-15(21)18-13-4-5-13)12-2-6-14(7-3-12)20-9-8-17-19-20/h2-3,6-9,11,13,16H,4-5,10H2,1H3,(H,18,21)/t11-/m0/s1. The van der Waals surface area contributed by atoms with E-state index in [2.05, 4.69) is 27.9 Å². The third kappa shape index (κ3) is 3.66. The molecule has 3 rings (SSSR count). The number of benzene rings is 1. The van der Waals surface area contributed by atoms with Crippen molar-refractivity contribution in [2.75, 3.05) is 6.54 Å². The fourth-order valence-electron chi connectivity index (χ4n) is 2.13. The van der Waals surface area contributed by atoms with Crippen LogP contribution in [0, 0.1) is 0 Å². The van der Waals surface area contributed by atoms with Crippen LogP contribution in [0.4, 0.5) is 0 Å². The van der Waals surface area contributed by atoms with Crippen molar-refractivity contribution < 1.29 is 4.79 Å². The smallest absolute Gasteiger partial charge is 0.234 e. The molecule has 1 atom stereocenters. The van der Waals surface area contributed by atoms with Gasteiger partial charge in [0.15, 0.2) is 0 Å². The molecule has 0 unspecified atom stereocenters. The van der Waals surface area contributed by atoms with Gasteiger partial charge in [0.25, 0.3) is 0 Å². The lowest BCUT2D eigenvalue weighted by Crippen LogP contribution is -2.36. The highest BCUT2D eigenvalue weighted by molar-refractivity contribution is 5.78. The van der Waals surface area contributed by atoms with Crippen LogP contribution in [0.5, 0.6) is 0 Å². The quantitative estimate of drug-likeness (QED) is 0.836. The van der Waals surface area contributed by atoms with Gasteiger partial charge >= 0.3 is 0 Å². The molecule has 2 aromatic rings. The molecule has 1 fully saturated rings. The van der Waals surface area contributed by atoms with Crippen LogP contribution < -0.4 is 10.6 Å². The van der Waals surface area contributed by atoms with E-state index in [9.17, 15) is 4.79 Å². The molecule has 0 radical (unpaired) electrons. The Bertz CT molecular complexity index is 589. The normalized spacial score (nSPS) is 15.7. The number of hydrogen-bond acceptors (Lipinski definition) is 4. The average Bonchev–Trinajstić information content (AvgIpc) is 3.15. The Labute approximate surface area is 123 Å². The average molecular weight is 285 g/mol. The maximum absolute atomic E-state index is 11.6. The topological polar surface area (TPSA) is 71.8 Å². The van der Waals surface area contributed by atoms with Crippen molar-refractivity contribution in [3.8, 4) is 5.69 Å². The van der Waals surface area contributed by atoms with E-state index in [1.165, 1.54) is 0 Å². The number of aromatic nitrogens is 3. The van der Waals surface area contributed by atoms with Crippen LogP contribution in [0.15, 0.2) is 36.7 Å². The van der Waals surface area contributed by atoms with Gasteiger partial charge in [-0.3, -0.25) is 4.79 Å². The summed E-state index contributed by atoms with van der Waals surface area (Å²) in [5.74, 6) is 0.0728. The fraction of sp³-hybridized carbons (Fsp3) is 0.400. The highest BCUT2D eigenvalue weighted by Gasteiger charge is 2.23. The van der Waals surface area contributed by atoms with Gasteiger partial charge < -0.3 is 10.6 Å². The van der Waals surface area contributed by atoms with Gasteiger partial charge in [0.05, 0.1) is 24.6 Å². The zero-order valence-electron chi connectivity index (χ0n) is 12.0. The van der Waals surface area contributed by atoms with Crippen molar-refractivity contribution >= 4 is 5.91 Å². The molecule has 1 aliphatic rings. The molecule has 0 spiro atoms. The number of carbonyl (C=O) groups excluding carboxylic acids is 1. The lowest BCUT2D eigenvalue weighted by molar-refractivity contribution is -0.120. The maximum Gasteiger partial charge on any atom is 0.234 e. The first-order valence-corrected chi connectivity index (χ1v) is 7.22. The van der Waals surface area contributed by atoms with Crippen molar-refractivity contribution in [2.45, 2.75) is 31.8 Å². The van der Waals surface area contributed by atoms with E-state index in [4.69, 9.17) is 0 Å². The van der Waals surface area contributed by atoms with Crippen molar-refractivity contribution in [3.63, 3.8) is 0 Å². The Balaban J connectivity index is 1.54. The van der Waals surface area contributed by atoms with E-state index in [1.54, 1.807) is 17.1 Å². The first-order valence-electron chi connectivity index (χ1n) is 7.22. The molecule has 1 aliphatic carbocycles. The van der Waals surface area contributed by atoms with Gasteiger partial charge in [-0.25, -0.2) is 4.68 Å². The van der Waals surface area contributed by atoms with Crippen LogP contribution in [-0.2, 0) is 4.79 Å². The van der Waals surface area contributed by atoms with Crippen molar-refractivity contribution in [1.82, 2.24) is 25.6 Å². The molecule has 6 nitrogen and oxygen atoms in total. The molecule has 1 heterocycles. The molecule has 0 saturated heterocycles. The first-order chi connectivity index (χ1) is 10.2. The SMILES string of the molecule is C[C@H](NCC(=O)NC1CC1)c1ccc(-n2ccnn2)cc1. The Kier molecular flexibility index (Phi) is 3.96. The molecule has 2 N–H and O–H groups in total. The lowest BCUT2D eigenvalue weighted by atomic mass is 10.1. The minimum Gasteiger partial charge on any atom is -0.352 e. The zero-order valence-corrected chi connectivity index (χ0v) is 12.0. The molecule has 1 aromatic carbocycles. The molecular formula is C15H19N5O. The van der Waals surface area contributed by atoms with Crippen LogP contribution in [-0.4, -0.2) is 33.5 Å². The summed E-state index contributed by atoms with van der Waals surface area (Å²) in [4.78, 5) is 11.6. The van der Waals surface area contributed by atoms with E-state index < -0.39 is 0 Å². The second kappa shape index (κ2) is 6.05. The number of amides is 1. The van der Waals surface area contributed by atoms with E-state index in [1.807, 2.05) is 24.3 Å². The minimum absolute atomic E-state index is 0.0728. The minimum atomic E-state index is 0.0728. The second-order valence-electron chi connectivity index (χ2n) is 5.38. The maximum atomic E-state index is 11.6. The van der Waals surface area contributed by atoms with Gasteiger partial charge in [0.2, 0.25) is 5.91 Å². The number of rotatable bonds is 6. The monoisotopic (exact) mass is 285 g/mol. The third-order valence-corrected chi connectivity index (χ3v) is 3.59. The lowest BCUT2D eigenvalue weighted by Gasteiger charge is -2.14. The van der Waals surface area contributed by atoms with Crippen molar-refractivity contribution in [3.05, 3.63) is 42.2 Å². The number of carbonyl (C=O) groups is 1. The molecule has 110 valence electrons. The summed E-state index contributed by atoms with van der Waals surface area (Å²) < 4.78 is 1.71. The molecule has 1 saturated carbocycles. The summed E-state index contributed by atoms with van der Waals surface area (Å²) in [6.45, 7) is 2.40. The van der Waals surface area contributed by atoms with E-state index in [0.717, 1.165) is 24.1 Å². The van der Waals surface area contributed by atoms with Gasteiger partial charge in [-0.05, 0) is 37.5 Å².